The highest BCUT2D eigenvalue weighted by molar-refractivity contribution is 5.47. The maximum atomic E-state index is 13.4. The number of nitrogens with two attached hydrogens (primary N) is 1. The third kappa shape index (κ3) is 3.22. The molecule has 2 aromatic rings. The van der Waals surface area contributed by atoms with Crippen molar-refractivity contribution in [2.45, 2.75) is 32.5 Å². The largest absolute Gasteiger partial charge is 0.461 e. The van der Waals surface area contributed by atoms with E-state index in [0.717, 1.165) is 6.92 Å². The van der Waals surface area contributed by atoms with Gasteiger partial charge in [-0.15, -0.1) is 5.10 Å². The first-order chi connectivity index (χ1) is 10.9. The Morgan fingerprint density at radius 3 is 2.33 bits per heavy atom. The van der Waals surface area contributed by atoms with Crippen LogP contribution in [-0.2, 0) is 12.5 Å². The standard InChI is InChI=1S/C14H13F5N4O/c1-7-5-9(3-4-10(7)20)6-23-11(24)8(2)21-12(22-23)13(15,16)14(17,18)19/h3-5H,6,20H2,1-2H3. The van der Waals surface area contributed by atoms with Crippen molar-refractivity contribution in [2.24, 2.45) is 0 Å². The zero-order valence-electron chi connectivity index (χ0n) is 12.7. The lowest BCUT2D eigenvalue weighted by molar-refractivity contribution is -0.293. The second-order valence-electron chi connectivity index (χ2n) is 5.25. The minimum absolute atomic E-state index is 0.287. The first-order valence-corrected chi connectivity index (χ1v) is 6.69. The van der Waals surface area contributed by atoms with Crippen LogP contribution in [0.15, 0.2) is 23.0 Å². The van der Waals surface area contributed by atoms with Gasteiger partial charge in [0.1, 0.15) is 5.69 Å². The molecule has 130 valence electrons. The van der Waals surface area contributed by atoms with Crippen LogP contribution in [0.5, 0.6) is 0 Å². The van der Waals surface area contributed by atoms with Gasteiger partial charge in [-0.05, 0) is 31.0 Å². The Labute approximate surface area is 132 Å². The Balaban J connectivity index is 2.51. The van der Waals surface area contributed by atoms with Crippen LogP contribution < -0.4 is 11.3 Å². The van der Waals surface area contributed by atoms with Crippen molar-refractivity contribution < 1.29 is 22.0 Å². The van der Waals surface area contributed by atoms with E-state index in [1.54, 1.807) is 13.0 Å². The molecule has 0 aliphatic rings. The number of hydrogen-bond donors (Lipinski definition) is 1. The molecule has 10 heteroatoms. The predicted molar refractivity (Wildman–Crippen MR) is 75.7 cm³/mol. The summed E-state index contributed by atoms with van der Waals surface area (Å²) in [5, 5.41) is 3.11. The molecule has 0 radical (unpaired) electrons. The maximum Gasteiger partial charge on any atom is 0.461 e. The molecule has 0 atom stereocenters. The topological polar surface area (TPSA) is 73.8 Å². The molecule has 24 heavy (non-hydrogen) atoms. The molecule has 1 heterocycles. The average molecular weight is 348 g/mol. The fourth-order valence-electron chi connectivity index (χ4n) is 1.95. The van der Waals surface area contributed by atoms with E-state index in [1.807, 2.05) is 0 Å². The number of aromatic nitrogens is 3. The Kier molecular flexibility index (Phi) is 4.34. The van der Waals surface area contributed by atoms with Gasteiger partial charge in [0.05, 0.1) is 6.54 Å². The summed E-state index contributed by atoms with van der Waals surface area (Å²) < 4.78 is 64.8. The first-order valence-electron chi connectivity index (χ1n) is 6.69. The highest BCUT2D eigenvalue weighted by Crippen LogP contribution is 2.41. The molecular weight excluding hydrogens is 335 g/mol. The number of aryl methyl sites for hydroxylation is 2. The van der Waals surface area contributed by atoms with E-state index in [4.69, 9.17) is 5.73 Å². The van der Waals surface area contributed by atoms with Crippen LogP contribution in [-0.4, -0.2) is 20.9 Å². The van der Waals surface area contributed by atoms with Crippen LogP contribution >= 0.6 is 0 Å². The molecule has 0 aliphatic carbocycles. The van der Waals surface area contributed by atoms with Crippen molar-refractivity contribution in [1.82, 2.24) is 14.8 Å². The molecule has 0 spiro atoms. The number of hydrogen-bond acceptors (Lipinski definition) is 4. The summed E-state index contributed by atoms with van der Waals surface area (Å²) >= 11 is 0. The van der Waals surface area contributed by atoms with Gasteiger partial charge in [-0.3, -0.25) is 4.79 Å². The Morgan fingerprint density at radius 1 is 1.17 bits per heavy atom. The van der Waals surface area contributed by atoms with E-state index in [-0.39, 0.29) is 6.54 Å². The number of rotatable bonds is 3. The van der Waals surface area contributed by atoms with Gasteiger partial charge in [-0.25, -0.2) is 9.67 Å². The maximum absolute atomic E-state index is 13.4. The lowest BCUT2D eigenvalue weighted by atomic mass is 10.1. The van der Waals surface area contributed by atoms with Crippen LogP contribution in [0.1, 0.15) is 22.6 Å². The number of nitrogens with zero attached hydrogens (tertiary/aromatic N) is 3. The lowest BCUT2D eigenvalue weighted by Crippen LogP contribution is -2.39. The average Bonchev–Trinajstić information content (AvgIpc) is 2.46. The number of halogens is 5. The second kappa shape index (κ2) is 5.84. The highest BCUT2D eigenvalue weighted by Gasteiger charge is 2.61. The van der Waals surface area contributed by atoms with E-state index in [9.17, 15) is 26.7 Å². The fraction of sp³-hybridized carbons (Fsp3) is 0.357. The van der Waals surface area contributed by atoms with Gasteiger partial charge in [0.15, 0.2) is 0 Å². The van der Waals surface area contributed by atoms with Gasteiger partial charge in [0.2, 0.25) is 5.82 Å². The minimum atomic E-state index is -5.86. The minimum Gasteiger partial charge on any atom is -0.399 e. The molecule has 0 unspecified atom stereocenters. The van der Waals surface area contributed by atoms with Crippen molar-refractivity contribution in [3.05, 3.63) is 51.2 Å². The first kappa shape index (κ1) is 17.8. The monoisotopic (exact) mass is 348 g/mol. The van der Waals surface area contributed by atoms with Gasteiger partial charge in [0, 0.05) is 5.69 Å². The highest BCUT2D eigenvalue weighted by atomic mass is 19.4. The number of benzene rings is 1. The van der Waals surface area contributed by atoms with E-state index in [1.165, 1.54) is 12.1 Å². The second-order valence-corrected chi connectivity index (χ2v) is 5.25. The van der Waals surface area contributed by atoms with Gasteiger partial charge < -0.3 is 5.73 Å². The van der Waals surface area contributed by atoms with Crippen LogP contribution in [0, 0.1) is 13.8 Å². The van der Waals surface area contributed by atoms with Crippen LogP contribution in [0.25, 0.3) is 0 Å². The third-order valence-corrected chi connectivity index (χ3v) is 3.34. The molecule has 0 fully saturated rings. The summed E-state index contributed by atoms with van der Waals surface area (Å²) in [6, 6.07) is 4.64. The lowest BCUT2D eigenvalue weighted by Gasteiger charge is -2.19. The summed E-state index contributed by atoms with van der Waals surface area (Å²) in [5.41, 5.74) is 5.92. The fourth-order valence-corrected chi connectivity index (χ4v) is 1.95. The van der Waals surface area contributed by atoms with E-state index < -0.39 is 29.2 Å². The van der Waals surface area contributed by atoms with Crippen LogP contribution in [0.3, 0.4) is 0 Å². The predicted octanol–water partition coefficient (Wildman–Crippen LogP) is 2.54. The summed E-state index contributed by atoms with van der Waals surface area (Å²) in [7, 11) is 0. The number of alkyl halides is 5. The van der Waals surface area contributed by atoms with E-state index in [0.29, 0.717) is 21.5 Å². The van der Waals surface area contributed by atoms with E-state index >= 15 is 0 Å². The number of nitrogen functional groups attached to an aromatic ring is 1. The quantitative estimate of drug-likeness (QED) is 0.683. The summed E-state index contributed by atoms with van der Waals surface area (Å²) in [5.74, 6) is -7.02. The molecule has 2 N–H and O–H groups in total. The molecule has 2 rings (SSSR count). The van der Waals surface area contributed by atoms with Crippen molar-refractivity contribution in [3.8, 4) is 0 Å². The molecule has 1 aromatic carbocycles. The SMILES string of the molecule is Cc1cc(Cn2nc(C(F)(F)C(F)(F)F)nc(C)c2=O)ccc1N. The van der Waals surface area contributed by atoms with Gasteiger partial charge in [-0.2, -0.15) is 22.0 Å². The van der Waals surface area contributed by atoms with Gasteiger partial charge >= 0.3 is 12.1 Å². The summed E-state index contributed by atoms with van der Waals surface area (Å²) in [6.07, 6.45) is -5.86. The van der Waals surface area contributed by atoms with Crippen LogP contribution in [0.2, 0.25) is 0 Å². The Hall–Kier alpha value is -2.52. The molecule has 0 saturated heterocycles. The van der Waals surface area contributed by atoms with Crippen molar-refractivity contribution in [3.63, 3.8) is 0 Å². The Bertz CT molecular complexity index is 829. The van der Waals surface area contributed by atoms with Gasteiger partial charge in [-0.1, -0.05) is 12.1 Å². The van der Waals surface area contributed by atoms with Crippen molar-refractivity contribution in [2.75, 3.05) is 5.73 Å². The molecule has 5 nitrogen and oxygen atoms in total. The third-order valence-electron chi connectivity index (χ3n) is 3.34. The van der Waals surface area contributed by atoms with E-state index in [2.05, 4.69) is 10.1 Å². The smallest absolute Gasteiger partial charge is 0.399 e. The van der Waals surface area contributed by atoms with Gasteiger partial charge in [0.25, 0.3) is 5.56 Å². The molecule has 0 bridgehead atoms. The van der Waals surface area contributed by atoms with Crippen LogP contribution in [0.4, 0.5) is 27.6 Å². The summed E-state index contributed by atoms with van der Waals surface area (Å²) in [6.45, 7) is 2.45. The molecule has 0 aliphatic heterocycles. The Morgan fingerprint density at radius 2 is 1.79 bits per heavy atom. The molecule has 1 aromatic heterocycles. The summed E-state index contributed by atoms with van der Waals surface area (Å²) in [4.78, 5) is 15.0. The molecule has 0 saturated carbocycles. The molecular formula is C14H13F5N4O. The zero-order valence-corrected chi connectivity index (χ0v) is 12.7. The number of anilines is 1. The zero-order chi connectivity index (χ0) is 18.3. The van der Waals surface area contributed by atoms with Crippen molar-refractivity contribution >= 4 is 5.69 Å². The molecule has 0 amide bonds. The van der Waals surface area contributed by atoms with Crippen molar-refractivity contribution in [1.29, 1.82) is 0 Å². The normalized spacial score (nSPS) is 12.5.